The van der Waals surface area contributed by atoms with Crippen molar-refractivity contribution >= 4 is 56.2 Å². The average Bonchev–Trinajstić information content (AvgIpc) is 3.05. The highest BCUT2D eigenvalue weighted by Gasteiger charge is 2.10. The first-order chi connectivity index (χ1) is 9.58. The minimum atomic E-state index is -0.315. The number of hydrogen-bond acceptors (Lipinski definition) is 5. The highest BCUT2D eigenvalue weighted by Crippen LogP contribution is 2.18. The van der Waals surface area contributed by atoms with Gasteiger partial charge in [0.15, 0.2) is 5.13 Å². The van der Waals surface area contributed by atoms with Gasteiger partial charge in [0.2, 0.25) is 5.91 Å². The second-order valence-corrected chi connectivity index (χ2v) is 6.11. The van der Waals surface area contributed by atoms with E-state index in [1.165, 1.54) is 23.3 Å². The van der Waals surface area contributed by atoms with E-state index in [0.717, 1.165) is 0 Å². The minimum absolute atomic E-state index is 0.0967. The molecule has 0 radical (unpaired) electrons. The highest BCUT2D eigenvalue weighted by molar-refractivity contribution is 9.10. The van der Waals surface area contributed by atoms with Gasteiger partial charge < -0.3 is 10.6 Å². The Hall–Kier alpha value is -1.32. The highest BCUT2D eigenvalue weighted by atomic mass is 79.9. The molecule has 2 rings (SSSR count). The molecule has 6 nitrogen and oxygen atoms in total. The molecule has 2 N–H and O–H groups in total. The largest absolute Gasteiger partial charge is 0.343 e. The van der Waals surface area contributed by atoms with Crippen molar-refractivity contribution in [2.75, 3.05) is 18.1 Å². The summed E-state index contributed by atoms with van der Waals surface area (Å²) in [5.74, 6) is -0.599. The van der Waals surface area contributed by atoms with Gasteiger partial charge in [-0.15, -0.1) is 11.3 Å². The number of anilines is 1. The van der Waals surface area contributed by atoms with Crippen molar-refractivity contribution < 1.29 is 9.59 Å². The molecule has 0 saturated heterocycles. The molecule has 0 bridgehead atoms. The predicted octanol–water partition coefficient (Wildman–Crippen LogP) is 2.20. The fourth-order valence-electron chi connectivity index (χ4n) is 1.36. The lowest BCUT2D eigenvalue weighted by Crippen LogP contribution is -2.32. The van der Waals surface area contributed by atoms with E-state index in [2.05, 4.69) is 31.5 Å². The van der Waals surface area contributed by atoms with Gasteiger partial charge >= 0.3 is 0 Å². The summed E-state index contributed by atoms with van der Waals surface area (Å²) in [5, 5.41) is 7.41. The summed E-state index contributed by atoms with van der Waals surface area (Å²) in [5.41, 5.74) is 0.518. The Morgan fingerprint density at radius 2 is 2.35 bits per heavy atom. The van der Waals surface area contributed by atoms with Gasteiger partial charge in [0.1, 0.15) is 4.60 Å². The first-order valence-electron chi connectivity index (χ1n) is 5.50. The smallest absolute Gasteiger partial charge is 0.253 e. The monoisotopic (exact) mass is 374 g/mol. The second-order valence-electron chi connectivity index (χ2n) is 3.65. The van der Waals surface area contributed by atoms with Crippen LogP contribution in [0, 0.1) is 0 Å². The van der Waals surface area contributed by atoms with E-state index in [1.807, 2.05) is 10.2 Å². The number of rotatable bonds is 5. The summed E-state index contributed by atoms with van der Waals surface area (Å²) < 4.78 is 2.47. The fraction of sp³-hybridized carbons (Fsp3) is 0.182. The molecule has 0 aliphatic rings. The first-order valence-corrected chi connectivity index (χ1v) is 8.35. The number of nitrogens with zero attached hydrogens (tertiary/aromatic N) is 2. The van der Waals surface area contributed by atoms with E-state index < -0.39 is 0 Å². The zero-order valence-corrected chi connectivity index (χ0v) is 13.6. The standard InChI is InChI=1S/C11H11BrN4O2S2/c1-19-16-3-2-7(5-16)10(18)13-4-9(17)15-11-14-8(12)6-20-11/h2-3,5-6H,4H2,1H3,(H,13,18)(H,14,15,17). The Morgan fingerprint density at radius 1 is 1.55 bits per heavy atom. The van der Waals surface area contributed by atoms with E-state index in [4.69, 9.17) is 0 Å². The van der Waals surface area contributed by atoms with Crippen molar-refractivity contribution in [3.63, 3.8) is 0 Å². The molecule has 0 aliphatic heterocycles. The molecule has 0 saturated carbocycles. The molecule has 0 fully saturated rings. The van der Waals surface area contributed by atoms with Gasteiger partial charge in [-0.2, -0.15) is 0 Å². The zero-order chi connectivity index (χ0) is 14.5. The van der Waals surface area contributed by atoms with Crippen LogP contribution in [0.3, 0.4) is 0 Å². The van der Waals surface area contributed by atoms with Crippen molar-refractivity contribution in [2.24, 2.45) is 0 Å². The van der Waals surface area contributed by atoms with Gasteiger partial charge in [-0.1, -0.05) is 0 Å². The van der Waals surface area contributed by atoms with E-state index >= 15 is 0 Å². The first kappa shape index (κ1) is 15.1. The molecule has 2 heterocycles. The van der Waals surface area contributed by atoms with Gasteiger partial charge in [-0.05, 0) is 33.9 Å². The Kier molecular flexibility index (Phi) is 5.21. The summed E-state index contributed by atoms with van der Waals surface area (Å²) in [6.07, 6.45) is 5.39. The number of carbonyl (C=O) groups is 2. The normalized spacial score (nSPS) is 10.3. The Labute approximate surface area is 132 Å². The maximum atomic E-state index is 11.8. The molecule has 0 aliphatic carbocycles. The lowest BCUT2D eigenvalue weighted by atomic mass is 10.3. The third-order valence-electron chi connectivity index (χ3n) is 2.27. The summed E-state index contributed by atoms with van der Waals surface area (Å²) >= 11 is 5.99. The average molecular weight is 375 g/mol. The predicted molar refractivity (Wildman–Crippen MR) is 84.1 cm³/mol. The molecule has 0 atom stereocenters. The molecule has 9 heteroatoms. The van der Waals surface area contributed by atoms with Crippen LogP contribution in [0.1, 0.15) is 10.4 Å². The zero-order valence-electron chi connectivity index (χ0n) is 10.4. The van der Waals surface area contributed by atoms with Crippen LogP contribution < -0.4 is 10.6 Å². The van der Waals surface area contributed by atoms with Crippen molar-refractivity contribution in [1.82, 2.24) is 14.3 Å². The van der Waals surface area contributed by atoms with Crippen molar-refractivity contribution in [1.29, 1.82) is 0 Å². The van der Waals surface area contributed by atoms with Gasteiger partial charge in [0, 0.05) is 24.0 Å². The van der Waals surface area contributed by atoms with E-state index in [1.54, 1.807) is 23.8 Å². The summed E-state index contributed by atoms with van der Waals surface area (Å²) in [6, 6.07) is 1.70. The van der Waals surface area contributed by atoms with Crippen molar-refractivity contribution in [2.45, 2.75) is 0 Å². The van der Waals surface area contributed by atoms with Crippen LogP contribution >= 0.6 is 39.2 Å². The second kappa shape index (κ2) is 6.91. The molecule has 106 valence electrons. The molecule has 2 aromatic heterocycles. The van der Waals surface area contributed by atoms with Crippen LogP contribution in [0.4, 0.5) is 5.13 Å². The van der Waals surface area contributed by atoms with Gasteiger partial charge in [0.05, 0.1) is 12.1 Å². The topological polar surface area (TPSA) is 76.0 Å². The van der Waals surface area contributed by atoms with Crippen molar-refractivity contribution in [3.8, 4) is 0 Å². The third kappa shape index (κ3) is 4.09. The Morgan fingerprint density at radius 3 is 2.95 bits per heavy atom. The summed E-state index contributed by atoms with van der Waals surface area (Å²) in [4.78, 5) is 27.5. The van der Waals surface area contributed by atoms with Crippen LogP contribution in [0.5, 0.6) is 0 Å². The lowest BCUT2D eigenvalue weighted by molar-refractivity contribution is -0.115. The van der Waals surface area contributed by atoms with Crippen LogP contribution in [0.25, 0.3) is 0 Å². The molecule has 0 unspecified atom stereocenters. The molecular weight excluding hydrogens is 364 g/mol. The number of carbonyl (C=O) groups excluding carboxylic acids is 2. The van der Waals surface area contributed by atoms with Crippen LogP contribution in [-0.2, 0) is 4.79 Å². The van der Waals surface area contributed by atoms with Gasteiger partial charge in [-0.3, -0.25) is 13.6 Å². The fourth-order valence-corrected chi connectivity index (χ4v) is 2.92. The molecule has 2 amide bonds. The summed E-state index contributed by atoms with van der Waals surface area (Å²) in [7, 11) is 0. The number of nitrogens with one attached hydrogen (secondary N) is 2. The van der Waals surface area contributed by atoms with E-state index in [9.17, 15) is 9.59 Å². The van der Waals surface area contributed by atoms with Crippen molar-refractivity contribution in [3.05, 3.63) is 34.0 Å². The lowest BCUT2D eigenvalue weighted by Gasteiger charge is -2.03. The maximum Gasteiger partial charge on any atom is 0.253 e. The number of aromatic nitrogens is 2. The summed E-state index contributed by atoms with van der Waals surface area (Å²) in [6.45, 7) is -0.0967. The van der Waals surface area contributed by atoms with Crippen LogP contribution in [0.2, 0.25) is 0 Å². The van der Waals surface area contributed by atoms with E-state index in [0.29, 0.717) is 15.3 Å². The van der Waals surface area contributed by atoms with Gasteiger partial charge in [0.25, 0.3) is 5.91 Å². The maximum absolute atomic E-state index is 11.8. The quantitative estimate of drug-likeness (QED) is 0.840. The number of thiazole rings is 1. The van der Waals surface area contributed by atoms with Gasteiger partial charge in [-0.25, -0.2) is 4.98 Å². The SMILES string of the molecule is CSn1ccc(C(=O)NCC(=O)Nc2nc(Br)cs2)c1. The Bertz CT molecular complexity index is 625. The molecule has 2 aromatic rings. The molecule has 0 aromatic carbocycles. The molecular formula is C11H11BrN4O2S2. The van der Waals surface area contributed by atoms with Crippen LogP contribution in [0.15, 0.2) is 28.4 Å². The number of halogens is 1. The Balaban J connectivity index is 1.82. The molecule has 20 heavy (non-hydrogen) atoms. The van der Waals surface area contributed by atoms with Crippen LogP contribution in [-0.4, -0.2) is 33.6 Å². The number of hydrogen-bond donors (Lipinski definition) is 2. The minimum Gasteiger partial charge on any atom is -0.343 e. The van der Waals surface area contributed by atoms with E-state index in [-0.39, 0.29) is 18.4 Å². The molecule has 0 spiro atoms. The number of amides is 2. The third-order valence-corrected chi connectivity index (χ3v) is 4.39.